The van der Waals surface area contributed by atoms with E-state index in [0.29, 0.717) is 12.0 Å². The van der Waals surface area contributed by atoms with E-state index in [9.17, 15) is 4.39 Å². The summed E-state index contributed by atoms with van der Waals surface area (Å²) in [5.74, 6) is 0.388. The third-order valence-corrected chi connectivity index (χ3v) is 5.96. The Morgan fingerprint density at radius 2 is 2.03 bits per heavy atom. The van der Waals surface area contributed by atoms with Gasteiger partial charge in [0.1, 0.15) is 0 Å². The fourth-order valence-electron chi connectivity index (χ4n) is 3.67. The van der Waals surface area contributed by atoms with Crippen LogP contribution in [0.5, 0.6) is 5.75 Å². The van der Waals surface area contributed by atoms with Crippen LogP contribution in [0.15, 0.2) is 35.6 Å². The maximum atomic E-state index is 13.9. The van der Waals surface area contributed by atoms with Gasteiger partial charge in [0.15, 0.2) is 16.7 Å². The molecule has 2 aromatic heterocycles. The molecule has 0 amide bonds. The summed E-state index contributed by atoms with van der Waals surface area (Å²) >= 11 is 1.55. The molecule has 7 nitrogen and oxygen atoms in total. The summed E-state index contributed by atoms with van der Waals surface area (Å²) in [7, 11) is 3.42. The van der Waals surface area contributed by atoms with Crippen molar-refractivity contribution in [2.24, 2.45) is 7.05 Å². The molecule has 4 rings (SSSR count). The summed E-state index contributed by atoms with van der Waals surface area (Å²) < 4.78 is 21.1. The number of hydrogen-bond donors (Lipinski definition) is 2. The first kappa shape index (κ1) is 20.6. The van der Waals surface area contributed by atoms with Gasteiger partial charge >= 0.3 is 0 Å². The Kier molecular flexibility index (Phi) is 6.19. The van der Waals surface area contributed by atoms with E-state index in [2.05, 4.69) is 15.6 Å². The molecular weight excluding hydrogens is 403 g/mol. The molecule has 9 heteroatoms. The molecule has 1 aliphatic rings. The number of aromatic nitrogens is 4. The maximum absolute atomic E-state index is 13.9. The number of benzene rings is 1. The molecule has 0 bridgehead atoms. The van der Waals surface area contributed by atoms with Crippen molar-refractivity contribution in [1.29, 1.82) is 0 Å². The minimum atomic E-state index is -0.403. The zero-order valence-corrected chi connectivity index (χ0v) is 18.1. The molecule has 0 radical (unpaired) electrons. The summed E-state index contributed by atoms with van der Waals surface area (Å²) in [5, 5.41) is 7.65. The molecule has 1 aliphatic heterocycles. The van der Waals surface area contributed by atoms with Crippen LogP contribution in [0, 0.1) is 5.82 Å². The van der Waals surface area contributed by atoms with Crippen molar-refractivity contribution in [3.05, 3.63) is 36.3 Å². The largest absolute Gasteiger partial charge is 0.494 e. The molecule has 30 heavy (non-hydrogen) atoms. The average Bonchev–Trinajstić information content (AvgIpc) is 3.11. The number of ether oxygens (including phenoxy) is 1. The van der Waals surface area contributed by atoms with Crippen LogP contribution in [0.1, 0.15) is 12.8 Å². The van der Waals surface area contributed by atoms with Crippen LogP contribution >= 0.6 is 11.8 Å². The van der Waals surface area contributed by atoms with Gasteiger partial charge in [-0.1, -0.05) is 11.8 Å². The van der Waals surface area contributed by atoms with Gasteiger partial charge in [-0.15, -0.1) is 0 Å². The normalized spacial score (nSPS) is 14.7. The Morgan fingerprint density at radius 3 is 2.77 bits per heavy atom. The monoisotopic (exact) mass is 428 g/mol. The van der Waals surface area contributed by atoms with Gasteiger partial charge in [0.2, 0.25) is 5.95 Å². The van der Waals surface area contributed by atoms with Crippen molar-refractivity contribution in [3.63, 3.8) is 0 Å². The topological polar surface area (TPSA) is 76.9 Å². The molecule has 3 heterocycles. The van der Waals surface area contributed by atoms with Crippen LogP contribution in [-0.2, 0) is 7.05 Å². The summed E-state index contributed by atoms with van der Waals surface area (Å²) in [5.41, 5.74) is 3.11. The first-order chi connectivity index (χ1) is 14.6. The van der Waals surface area contributed by atoms with E-state index in [4.69, 9.17) is 14.7 Å². The Morgan fingerprint density at radius 1 is 1.23 bits per heavy atom. The molecule has 0 aliphatic carbocycles. The van der Waals surface area contributed by atoms with E-state index < -0.39 is 5.82 Å². The fraction of sp³-hybridized carbons (Fsp3) is 0.381. The molecule has 3 aromatic rings. The molecule has 0 atom stereocenters. The Hall–Kier alpha value is -2.65. The standard InChI is InChI=1S/C21H25FN6OS/c1-28-19(16-8-11-24-20(26-16)25-14-6-9-23-10-7-14)18(27-21(28)30-3)13-4-5-15(22)17(12-13)29-2/h4-5,8,11-12,14,23H,6-7,9-10H2,1-3H3,(H,24,25,26). The molecule has 1 fully saturated rings. The van der Waals surface area contributed by atoms with Crippen molar-refractivity contribution in [2.45, 2.75) is 24.0 Å². The first-order valence-corrected chi connectivity index (χ1v) is 11.1. The van der Waals surface area contributed by atoms with Gasteiger partial charge in [-0.3, -0.25) is 0 Å². The Bertz CT molecular complexity index is 1030. The van der Waals surface area contributed by atoms with Crippen molar-refractivity contribution in [1.82, 2.24) is 24.8 Å². The van der Waals surface area contributed by atoms with E-state index in [1.807, 2.05) is 23.9 Å². The van der Waals surface area contributed by atoms with E-state index >= 15 is 0 Å². The molecule has 2 N–H and O–H groups in total. The summed E-state index contributed by atoms with van der Waals surface area (Å²) in [6.07, 6.45) is 5.81. The zero-order valence-electron chi connectivity index (χ0n) is 17.3. The quantitative estimate of drug-likeness (QED) is 0.581. The number of hydrogen-bond acceptors (Lipinski definition) is 7. The van der Waals surface area contributed by atoms with E-state index in [0.717, 1.165) is 53.7 Å². The lowest BCUT2D eigenvalue weighted by Crippen LogP contribution is -2.35. The number of anilines is 1. The van der Waals surface area contributed by atoms with Crippen molar-refractivity contribution in [3.8, 4) is 28.4 Å². The molecular formula is C21H25FN6OS. The van der Waals surface area contributed by atoms with Crippen LogP contribution in [-0.4, -0.2) is 52.0 Å². The minimum Gasteiger partial charge on any atom is -0.494 e. The van der Waals surface area contributed by atoms with Gasteiger partial charge < -0.3 is 19.9 Å². The van der Waals surface area contributed by atoms with Gasteiger partial charge in [0.05, 0.1) is 24.2 Å². The number of rotatable bonds is 6. The number of thioether (sulfide) groups is 1. The molecule has 0 spiro atoms. The highest BCUT2D eigenvalue weighted by Gasteiger charge is 2.21. The maximum Gasteiger partial charge on any atom is 0.223 e. The molecule has 0 saturated carbocycles. The first-order valence-electron chi connectivity index (χ1n) is 9.86. The van der Waals surface area contributed by atoms with Gasteiger partial charge in [0, 0.05) is 24.8 Å². The van der Waals surface area contributed by atoms with Gasteiger partial charge in [0.25, 0.3) is 0 Å². The minimum absolute atomic E-state index is 0.186. The number of imidazole rings is 1. The predicted molar refractivity (Wildman–Crippen MR) is 117 cm³/mol. The number of nitrogens with one attached hydrogen (secondary N) is 2. The molecule has 0 unspecified atom stereocenters. The Labute approximate surface area is 179 Å². The third kappa shape index (κ3) is 4.13. The molecule has 158 valence electrons. The zero-order chi connectivity index (χ0) is 21.1. The van der Waals surface area contributed by atoms with Crippen molar-refractivity contribution in [2.75, 3.05) is 31.8 Å². The smallest absolute Gasteiger partial charge is 0.223 e. The van der Waals surface area contributed by atoms with Crippen LogP contribution in [0.25, 0.3) is 22.6 Å². The highest BCUT2D eigenvalue weighted by Crippen LogP contribution is 2.35. The fourth-order valence-corrected chi connectivity index (χ4v) is 4.22. The van der Waals surface area contributed by atoms with E-state index in [1.54, 1.807) is 30.1 Å². The van der Waals surface area contributed by atoms with Gasteiger partial charge in [-0.2, -0.15) is 0 Å². The Balaban J connectivity index is 1.75. The molecule has 1 saturated heterocycles. The van der Waals surface area contributed by atoms with Crippen LogP contribution in [0.4, 0.5) is 10.3 Å². The molecule has 1 aromatic carbocycles. The van der Waals surface area contributed by atoms with Crippen LogP contribution < -0.4 is 15.4 Å². The lowest BCUT2D eigenvalue weighted by atomic mass is 10.1. The van der Waals surface area contributed by atoms with Gasteiger partial charge in [-0.25, -0.2) is 19.3 Å². The predicted octanol–water partition coefficient (Wildman–Crippen LogP) is 3.58. The average molecular weight is 429 g/mol. The van der Waals surface area contributed by atoms with E-state index in [-0.39, 0.29) is 5.75 Å². The highest BCUT2D eigenvalue weighted by molar-refractivity contribution is 7.98. The van der Waals surface area contributed by atoms with Crippen molar-refractivity contribution < 1.29 is 9.13 Å². The summed E-state index contributed by atoms with van der Waals surface area (Å²) in [6.45, 7) is 1.99. The lowest BCUT2D eigenvalue weighted by Gasteiger charge is -2.23. The second-order valence-corrected chi connectivity index (χ2v) is 7.91. The number of piperidine rings is 1. The van der Waals surface area contributed by atoms with Crippen molar-refractivity contribution >= 4 is 17.7 Å². The number of methoxy groups -OCH3 is 1. The van der Waals surface area contributed by atoms with Gasteiger partial charge in [-0.05, 0) is 56.5 Å². The summed E-state index contributed by atoms with van der Waals surface area (Å²) in [6, 6.07) is 7.01. The highest BCUT2D eigenvalue weighted by atomic mass is 32.2. The van der Waals surface area contributed by atoms with Crippen LogP contribution in [0.3, 0.4) is 0 Å². The summed E-state index contributed by atoms with van der Waals surface area (Å²) in [4.78, 5) is 14.0. The van der Waals surface area contributed by atoms with E-state index in [1.165, 1.54) is 13.2 Å². The number of halogens is 1. The SMILES string of the molecule is COc1cc(-c2nc(SC)n(C)c2-c2ccnc(NC3CCNCC3)n2)ccc1F. The lowest BCUT2D eigenvalue weighted by molar-refractivity contribution is 0.387. The third-order valence-electron chi connectivity index (χ3n) is 5.23. The van der Waals surface area contributed by atoms with Crippen LogP contribution in [0.2, 0.25) is 0 Å². The number of nitrogens with zero attached hydrogens (tertiary/aromatic N) is 4. The second-order valence-electron chi connectivity index (χ2n) is 7.14. The second kappa shape index (κ2) is 9.01.